The number of ether oxygens (including phenoxy) is 4. The zero-order valence-electron chi connectivity index (χ0n) is 31.0. The Morgan fingerprint density at radius 2 is 1.32 bits per heavy atom. The van der Waals surface area contributed by atoms with Crippen LogP contribution in [0.3, 0.4) is 0 Å². The van der Waals surface area contributed by atoms with Gasteiger partial charge in [0.05, 0.1) is 11.3 Å². The molecule has 0 saturated carbocycles. The van der Waals surface area contributed by atoms with Crippen molar-refractivity contribution in [2.45, 2.75) is 26.1 Å². The monoisotopic (exact) mass is 770 g/mol. The van der Waals surface area contributed by atoms with Crippen molar-refractivity contribution in [2.24, 2.45) is 11.8 Å². The molecule has 8 rings (SSSR count). The van der Waals surface area contributed by atoms with Gasteiger partial charge in [0.25, 0.3) is 0 Å². The molecule has 2 saturated heterocycles. The summed E-state index contributed by atoms with van der Waals surface area (Å²) in [5.74, 6) is 3.15. The lowest BCUT2D eigenvalue weighted by atomic mass is 10.0. The van der Waals surface area contributed by atoms with Gasteiger partial charge in [-0.2, -0.15) is 0 Å². The SMILES string of the molecule is O=C(CCC(=O)N1CC2CN(CCOc3ccc(Oc4c(-c5ccc(F)cc5)sc5cc(OCc6ccccc6)ccc45)cc3)CC2C1)OCc1ccccc1. The standard InChI is InChI=1S/C46H43FN2O6S/c47-37-13-11-34(12-14-37)46-45(41-20-19-40(25-42(41)56-46)53-30-32-7-3-1-4-8-32)55-39-17-15-38(16-18-39)52-24-23-48-26-35-28-49(29-36(35)27-48)43(50)21-22-44(51)54-31-33-9-5-2-6-10-33/h1-20,25,35-36H,21-24,26-31H2. The fourth-order valence-electron chi connectivity index (χ4n) is 7.44. The molecular formula is C46H43FN2O6S. The number of benzene rings is 5. The van der Waals surface area contributed by atoms with Crippen molar-refractivity contribution in [3.05, 3.63) is 144 Å². The lowest BCUT2D eigenvalue weighted by Crippen LogP contribution is -2.34. The summed E-state index contributed by atoms with van der Waals surface area (Å²) >= 11 is 1.58. The summed E-state index contributed by atoms with van der Waals surface area (Å²) < 4.78 is 39.0. The topological polar surface area (TPSA) is 77.5 Å². The van der Waals surface area contributed by atoms with Crippen molar-refractivity contribution in [2.75, 3.05) is 39.3 Å². The minimum Gasteiger partial charge on any atom is -0.492 e. The molecule has 56 heavy (non-hydrogen) atoms. The third kappa shape index (κ3) is 9.21. The van der Waals surface area contributed by atoms with Gasteiger partial charge in [0.2, 0.25) is 5.91 Å². The number of likely N-dealkylation sites (tertiary alicyclic amines) is 2. The number of carbonyl (C=O) groups is 2. The molecule has 0 aliphatic carbocycles. The van der Waals surface area contributed by atoms with Gasteiger partial charge < -0.3 is 23.8 Å². The van der Waals surface area contributed by atoms with E-state index in [2.05, 4.69) is 4.90 Å². The van der Waals surface area contributed by atoms with Crippen LogP contribution in [-0.2, 0) is 27.5 Å². The van der Waals surface area contributed by atoms with Crippen LogP contribution in [-0.4, -0.2) is 61.0 Å². The summed E-state index contributed by atoms with van der Waals surface area (Å²) in [4.78, 5) is 30.3. The van der Waals surface area contributed by atoms with Gasteiger partial charge in [0.15, 0.2) is 5.75 Å². The summed E-state index contributed by atoms with van der Waals surface area (Å²) in [6, 6.07) is 39.7. The van der Waals surface area contributed by atoms with Crippen LogP contribution < -0.4 is 14.2 Å². The zero-order valence-corrected chi connectivity index (χ0v) is 31.8. The first kappa shape index (κ1) is 37.2. The predicted octanol–water partition coefficient (Wildman–Crippen LogP) is 9.37. The Kier molecular flexibility index (Phi) is 11.6. The first-order valence-corrected chi connectivity index (χ1v) is 19.8. The Balaban J connectivity index is 0.813. The van der Waals surface area contributed by atoms with E-state index in [0.717, 1.165) is 75.9 Å². The maximum Gasteiger partial charge on any atom is 0.306 e. The third-order valence-electron chi connectivity index (χ3n) is 10.4. The molecule has 2 aliphatic heterocycles. The van der Waals surface area contributed by atoms with Crippen LogP contribution in [0.15, 0.2) is 127 Å². The normalized spacial score (nSPS) is 16.5. The van der Waals surface area contributed by atoms with Gasteiger partial charge in [-0.25, -0.2) is 4.39 Å². The van der Waals surface area contributed by atoms with E-state index in [-0.39, 0.29) is 37.1 Å². The van der Waals surface area contributed by atoms with Gasteiger partial charge in [0, 0.05) is 49.2 Å². The molecule has 0 spiro atoms. The highest BCUT2D eigenvalue weighted by molar-refractivity contribution is 7.22. The van der Waals surface area contributed by atoms with Gasteiger partial charge in [-0.05, 0) is 83.1 Å². The largest absolute Gasteiger partial charge is 0.492 e. The second kappa shape index (κ2) is 17.4. The highest BCUT2D eigenvalue weighted by Gasteiger charge is 2.41. The number of hydrogen-bond donors (Lipinski definition) is 0. The Morgan fingerprint density at radius 1 is 0.679 bits per heavy atom. The van der Waals surface area contributed by atoms with Crippen LogP contribution in [0.5, 0.6) is 23.0 Å². The number of thiophene rings is 1. The molecular weight excluding hydrogens is 728 g/mol. The molecule has 6 aromatic rings. The van der Waals surface area contributed by atoms with Crippen molar-refractivity contribution in [3.8, 4) is 33.4 Å². The summed E-state index contributed by atoms with van der Waals surface area (Å²) in [7, 11) is 0. The number of esters is 1. The molecule has 2 aliphatic rings. The molecule has 2 atom stereocenters. The minimum atomic E-state index is -0.346. The van der Waals surface area contributed by atoms with Crippen molar-refractivity contribution in [1.82, 2.24) is 9.80 Å². The summed E-state index contributed by atoms with van der Waals surface area (Å²) in [5, 5.41) is 0.948. The molecule has 286 valence electrons. The Labute approximate surface area is 330 Å². The maximum atomic E-state index is 13.9. The quantitative estimate of drug-likeness (QED) is 0.0964. The van der Waals surface area contributed by atoms with Crippen LogP contribution in [0, 0.1) is 17.7 Å². The third-order valence-corrected chi connectivity index (χ3v) is 11.6. The van der Waals surface area contributed by atoms with Crippen molar-refractivity contribution >= 4 is 33.3 Å². The molecule has 1 aromatic heterocycles. The first-order chi connectivity index (χ1) is 27.4. The van der Waals surface area contributed by atoms with E-state index in [0.29, 0.717) is 36.5 Å². The summed E-state index contributed by atoms with van der Waals surface area (Å²) in [6.45, 7) is 5.35. The van der Waals surface area contributed by atoms with Gasteiger partial charge in [-0.3, -0.25) is 14.5 Å². The molecule has 10 heteroatoms. The van der Waals surface area contributed by atoms with Gasteiger partial charge in [-0.15, -0.1) is 11.3 Å². The van der Waals surface area contributed by atoms with E-state index < -0.39 is 0 Å². The number of carbonyl (C=O) groups excluding carboxylic acids is 2. The number of fused-ring (bicyclic) bond motifs is 2. The summed E-state index contributed by atoms with van der Waals surface area (Å²) in [5.41, 5.74) is 2.90. The lowest BCUT2D eigenvalue weighted by Gasteiger charge is -2.21. The van der Waals surface area contributed by atoms with E-state index in [9.17, 15) is 14.0 Å². The van der Waals surface area contributed by atoms with E-state index >= 15 is 0 Å². The first-order valence-electron chi connectivity index (χ1n) is 19.0. The number of halogens is 1. The van der Waals surface area contributed by atoms with E-state index in [1.165, 1.54) is 12.1 Å². The molecule has 0 bridgehead atoms. The van der Waals surface area contributed by atoms with Gasteiger partial charge in [0.1, 0.15) is 42.9 Å². The van der Waals surface area contributed by atoms with Crippen LogP contribution in [0.2, 0.25) is 0 Å². The van der Waals surface area contributed by atoms with Gasteiger partial charge in [-0.1, -0.05) is 72.8 Å². The second-order valence-electron chi connectivity index (χ2n) is 14.3. The lowest BCUT2D eigenvalue weighted by molar-refractivity contribution is -0.147. The summed E-state index contributed by atoms with van der Waals surface area (Å²) in [6.07, 6.45) is 0.280. The number of nitrogens with zero attached hydrogens (tertiary/aromatic N) is 2. The predicted molar refractivity (Wildman–Crippen MR) is 215 cm³/mol. The Hall–Kier alpha value is -5.71. The van der Waals surface area contributed by atoms with Crippen molar-refractivity contribution in [3.63, 3.8) is 0 Å². The van der Waals surface area contributed by atoms with Crippen molar-refractivity contribution < 1.29 is 32.9 Å². The fourth-order valence-corrected chi connectivity index (χ4v) is 8.61. The smallest absolute Gasteiger partial charge is 0.306 e. The number of hydrogen-bond acceptors (Lipinski definition) is 8. The molecule has 0 N–H and O–H groups in total. The second-order valence-corrected chi connectivity index (χ2v) is 15.4. The highest BCUT2D eigenvalue weighted by Crippen LogP contribution is 2.47. The average molecular weight is 771 g/mol. The van der Waals surface area contributed by atoms with Crippen LogP contribution in [0.4, 0.5) is 4.39 Å². The fraction of sp³-hybridized carbons (Fsp3) is 0.261. The molecule has 1 amide bonds. The van der Waals surface area contributed by atoms with E-state index in [4.69, 9.17) is 18.9 Å². The average Bonchev–Trinajstić information content (AvgIpc) is 3.92. The van der Waals surface area contributed by atoms with Crippen molar-refractivity contribution in [1.29, 1.82) is 0 Å². The minimum absolute atomic E-state index is 0.0236. The molecule has 2 unspecified atom stereocenters. The van der Waals surface area contributed by atoms with E-state index in [1.54, 1.807) is 23.5 Å². The Morgan fingerprint density at radius 3 is 2.02 bits per heavy atom. The molecule has 8 nitrogen and oxygen atoms in total. The molecule has 2 fully saturated rings. The van der Waals surface area contributed by atoms with Crippen LogP contribution in [0.25, 0.3) is 20.5 Å². The molecule has 3 heterocycles. The molecule has 0 radical (unpaired) electrons. The highest BCUT2D eigenvalue weighted by atomic mass is 32.1. The van der Waals surface area contributed by atoms with Crippen LogP contribution >= 0.6 is 11.3 Å². The number of amides is 1. The van der Waals surface area contributed by atoms with Gasteiger partial charge >= 0.3 is 5.97 Å². The number of rotatable bonds is 15. The Bertz CT molecular complexity index is 2230. The maximum absolute atomic E-state index is 13.9. The van der Waals surface area contributed by atoms with E-state index in [1.807, 2.05) is 108 Å². The van der Waals surface area contributed by atoms with Crippen LogP contribution in [0.1, 0.15) is 24.0 Å². The molecule has 5 aromatic carbocycles. The zero-order chi connectivity index (χ0) is 38.3.